The van der Waals surface area contributed by atoms with E-state index in [0.717, 1.165) is 10.5 Å². The molecular weight excluding hydrogens is 338 g/mol. The Bertz CT molecular complexity index is 678. The number of likely N-dealkylation sites (N-methyl/N-ethyl adjacent to an activating group) is 1. The molecule has 1 aromatic rings. The molecule has 7 heteroatoms. The molecule has 6 nitrogen and oxygen atoms in total. The highest BCUT2D eigenvalue weighted by atomic mass is 32.2. The van der Waals surface area contributed by atoms with Crippen molar-refractivity contribution in [2.45, 2.75) is 44.6 Å². The molecule has 0 unspecified atom stereocenters. The lowest BCUT2D eigenvalue weighted by molar-refractivity contribution is -0.917. The van der Waals surface area contributed by atoms with Crippen LogP contribution in [-0.4, -0.2) is 57.4 Å². The molecule has 1 aliphatic rings. The van der Waals surface area contributed by atoms with Crippen LogP contribution in [0.3, 0.4) is 0 Å². The van der Waals surface area contributed by atoms with Gasteiger partial charge in [-0.2, -0.15) is 4.31 Å². The highest BCUT2D eigenvalue weighted by Crippen LogP contribution is 2.20. The molecule has 0 aromatic heterocycles. The third-order valence-corrected chi connectivity index (χ3v) is 6.82. The van der Waals surface area contributed by atoms with Gasteiger partial charge in [0.1, 0.15) is 0 Å². The molecule has 2 rings (SSSR count). The Hall–Kier alpha value is -1.44. The summed E-state index contributed by atoms with van der Waals surface area (Å²) in [6.45, 7) is 10.7. The van der Waals surface area contributed by atoms with Gasteiger partial charge in [-0.1, -0.05) is 26.0 Å². The van der Waals surface area contributed by atoms with E-state index in [0.29, 0.717) is 43.5 Å². The predicted octanol–water partition coefficient (Wildman–Crippen LogP) is 0.224. The Morgan fingerprint density at radius 1 is 1.16 bits per heavy atom. The smallest absolute Gasteiger partial charge is 0.278 e. The first-order valence-corrected chi connectivity index (χ1v) is 10.4. The molecule has 0 radical (unpaired) electrons. The Labute approximate surface area is 151 Å². The third kappa shape index (κ3) is 4.59. The van der Waals surface area contributed by atoms with Crippen molar-refractivity contribution < 1.29 is 18.1 Å². The minimum atomic E-state index is -3.46. The van der Waals surface area contributed by atoms with Crippen LogP contribution in [0.1, 0.15) is 39.2 Å². The first kappa shape index (κ1) is 19.9. The topological polar surface area (TPSA) is 70.9 Å². The quantitative estimate of drug-likeness (QED) is 0.755. The number of nitrogens with zero attached hydrogens (tertiary/aromatic N) is 1. The van der Waals surface area contributed by atoms with Gasteiger partial charge in [0.25, 0.3) is 5.91 Å². The summed E-state index contributed by atoms with van der Waals surface area (Å²) >= 11 is 0. The third-order valence-electron chi connectivity index (χ3n) is 4.91. The maximum absolute atomic E-state index is 12.8. The number of carbonyl (C=O) groups excluding carboxylic acids is 1. The molecular formula is C18H30N3O3S+. The predicted molar refractivity (Wildman–Crippen MR) is 98.1 cm³/mol. The summed E-state index contributed by atoms with van der Waals surface area (Å²) in [4.78, 5) is 13.4. The van der Waals surface area contributed by atoms with Gasteiger partial charge in [0.05, 0.1) is 31.1 Å². The minimum Gasteiger partial charge on any atom is -0.351 e. The molecule has 1 aromatic carbocycles. The molecule has 1 amide bonds. The fourth-order valence-corrected chi connectivity index (χ4v) is 4.57. The van der Waals surface area contributed by atoms with E-state index >= 15 is 0 Å². The molecule has 0 spiro atoms. The van der Waals surface area contributed by atoms with Gasteiger partial charge >= 0.3 is 0 Å². The van der Waals surface area contributed by atoms with E-state index in [9.17, 15) is 13.2 Å². The Balaban J connectivity index is 2.02. The number of sulfonamides is 1. The largest absolute Gasteiger partial charge is 0.351 e. The number of nitrogens with one attached hydrogen (secondary N) is 2. The van der Waals surface area contributed by atoms with Crippen LogP contribution in [0.15, 0.2) is 29.2 Å². The van der Waals surface area contributed by atoms with Crippen LogP contribution >= 0.6 is 0 Å². The van der Waals surface area contributed by atoms with Crippen molar-refractivity contribution in [3.8, 4) is 0 Å². The molecule has 1 heterocycles. The van der Waals surface area contributed by atoms with E-state index < -0.39 is 10.0 Å². The first-order chi connectivity index (χ1) is 11.8. The normalized spacial score (nSPS) is 18.3. The molecule has 0 bridgehead atoms. The zero-order valence-corrected chi connectivity index (χ0v) is 16.4. The van der Waals surface area contributed by atoms with Crippen molar-refractivity contribution in [3.63, 3.8) is 0 Å². The molecule has 0 aliphatic carbocycles. The lowest BCUT2D eigenvalue weighted by Crippen LogP contribution is -3.19. The fraction of sp³-hybridized carbons (Fsp3) is 0.611. The van der Waals surface area contributed by atoms with E-state index in [2.05, 4.69) is 19.2 Å². The summed E-state index contributed by atoms with van der Waals surface area (Å²) in [5.41, 5.74) is 1.13. The summed E-state index contributed by atoms with van der Waals surface area (Å²) in [7, 11) is -3.46. The fourth-order valence-electron chi connectivity index (χ4n) is 3.13. The molecule has 0 saturated carbocycles. The number of rotatable bonds is 6. The van der Waals surface area contributed by atoms with Crippen molar-refractivity contribution in [1.29, 1.82) is 0 Å². The molecule has 1 atom stereocenters. The number of benzene rings is 1. The zero-order valence-electron chi connectivity index (χ0n) is 15.6. The summed E-state index contributed by atoms with van der Waals surface area (Å²) < 4.78 is 27.2. The Kier molecular flexibility index (Phi) is 6.59. The number of quaternary nitrogens is 1. The summed E-state index contributed by atoms with van der Waals surface area (Å²) in [5, 5.41) is 2.83. The maximum atomic E-state index is 12.8. The number of amides is 1. The van der Waals surface area contributed by atoms with Gasteiger partial charge < -0.3 is 10.2 Å². The van der Waals surface area contributed by atoms with E-state index in [4.69, 9.17) is 0 Å². The van der Waals surface area contributed by atoms with Crippen LogP contribution in [0.5, 0.6) is 0 Å². The molecule has 140 valence electrons. The Morgan fingerprint density at radius 3 is 2.20 bits per heavy atom. The summed E-state index contributed by atoms with van der Waals surface area (Å²) in [6.07, 6.45) is 0. The highest BCUT2D eigenvalue weighted by molar-refractivity contribution is 7.89. The van der Waals surface area contributed by atoms with E-state index in [1.54, 1.807) is 12.1 Å². The first-order valence-electron chi connectivity index (χ1n) is 8.99. The number of hydrogen-bond acceptors (Lipinski definition) is 3. The van der Waals surface area contributed by atoms with Crippen LogP contribution in [0.4, 0.5) is 0 Å². The molecule has 25 heavy (non-hydrogen) atoms. The van der Waals surface area contributed by atoms with Crippen molar-refractivity contribution in [2.24, 2.45) is 0 Å². The van der Waals surface area contributed by atoms with Crippen molar-refractivity contribution >= 4 is 15.9 Å². The van der Waals surface area contributed by atoms with Gasteiger partial charge in [-0.15, -0.1) is 0 Å². The van der Waals surface area contributed by atoms with Crippen LogP contribution < -0.4 is 10.2 Å². The van der Waals surface area contributed by atoms with Gasteiger partial charge in [-0.25, -0.2) is 8.42 Å². The Morgan fingerprint density at radius 2 is 1.72 bits per heavy atom. The van der Waals surface area contributed by atoms with Crippen LogP contribution in [0.2, 0.25) is 0 Å². The lowest BCUT2D eigenvalue weighted by atomic mass is 10.0. The van der Waals surface area contributed by atoms with Crippen LogP contribution in [0.25, 0.3) is 0 Å². The standard InChI is InChI=1S/C18H29N3O3S/c1-5-19-18(22)15(4)20-10-12-21(13-11-20)25(23,24)17-8-6-16(7-9-17)14(2)3/h6-9,14-15H,5,10-13H2,1-4H3,(H,19,22)/p+1/t15-/m1/s1. The zero-order chi connectivity index (χ0) is 18.6. The minimum absolute atomic E-state index is 0.0260. The number of hydrogen-bond donors (Lipinski definition) is 2. The summed E-state index contributed by atoms with van der Waals surface area (Å²) in [5.74, 6) is 0.401. The van der Waals surface area contributed by atoms with Crippen molar-refractivity contribution in [3.05, 3.63) is 29.8 Å². The van der Waals surface area contributed by atoms with Gasteiger partial charge in [-0.05, 0) is 37.5 Å². The van der Waals surface area contributed by atoms with Gasteiger partial charge in [0.2, 0.25) is 10.0 Å². The second-order valence-electron chi connectivity index (χ2n) is 6.90. The second kappa shape index (κ2) is 8.29. The van der Waals surface area contributed by atoms with Crippen molar-refractivity contribution in [1.82, 2.24) is 9.62 Å². The van der Waals surface area contributed by atoms with Crippen LogP contribution in [-0.2, 0) is 14.8 Å². The molecule has 1 fully saturated rings. The van der Waals surface area contributed by atoms with E-state index in [1.165, 1.54) is 4.31 Å². The average molecular weight is 369 g/mol. The van der Waals surface area contributed by atoms with Crippen LogP contribution in [0, 0.1) is 0 Å². The van der Waals surface area contributed by atoms with E-state index in [-0.39, 0.29) is 11.9 Å². The summed E-state index contributed by atoms with van der Waals surface area (Å²) in [6, 6.07) is 7.00. The molecule has 2 N–H and O–H groups in total. The van der Waals surface area contributed by atoms with Gasteiger partial charge in [0, 0.05) is 6.54 Å². The SMILES string of the molecule is CCNC(=O)[C@@H](C)[NH+]1CCN(S(=O)(=O)c2ccc(C(C)C)cc2)CC1. The number of carbonyl (C=O) groups is 1. The number of piperazine rings is 1. The maximum Gasteiger partial charge on any atom is 0.278 e. The second-order valence-corrected chi connectivity index (χ2v) is 8.84. The van der Waals surface area contributed by atoms with Gasteiger partial charge in [0.15, 0.2) is 6.04 Å². The van der Waals surface area contributed by atoms with Gasteiger partial charge in [-0.3, -0.25) is 4.79 Å². The lowest BCUT2D eigenvalue weighted by Gasteiger charge is -2.34. The average Bonchev–Trinajstić information content (AvgIpc) is 2.61. The molecule has 1 saturated heterocycles. The monoisotopic (exact) mass is 368 g/mol. The molecule has 1 aliphatic heterocycles. The highest BCUT2D eigenvalue weighted by Gasteiger charge is 2.34. The van der Waals surface area contributed by atoms with Crippen molar-refractivity contribution in [2.75, 3.05) is 32.7 Å². The van der Waals surface area contributed by atoms with E-state index in [1.807, 2.05) is 26.0 Å².